The number of likely N-dealkylation sites (tertiary alicyclic amines) is 1. The van der Waals surface area contributed by atoms with Crippen LogP contribution in [0.15, 0.2) is 54.6 Å². The minimum Gasteiger partial charge on any atom is -0.368 e. The number of piperidine rings is 1. The Bertz CT molecular complexity index is 699. The van der Waals surface area contributed by atoms with Gasteiger partial charge in [-0.25, -0.2) is 4.39 Å². The largest absolute Gasteiger partial charge is 0.368 e. The van der Waals surface area contributed by atoms with Gasteiger partial charge in [-0.15, -0.1) is 0 Å². The third-order valence-electron chi connectivity index (χ3n) is 4.76. The average Bonchev–Trinajstić information content (AvgIpc) is 2.63. The summed E-state index contributed by atoms with van der Waals surface area (Å²) >= 11 is 0. The van der Waals surface area contributed by atoms with E-state index in [1.807, 2.05) is 42.5 Å². The molecule has 1 aliphatic heterocycles. The topological polar surface area (TPSA) is 58.4 Å². The van der Waals surface area contributed by atoms with Crippen LogP contribution in [0.5, 0.6) is 0 Å². The normalized spacial score (nSPS) is 17.3. The summed E-state index contributed by atoms with van der Waals surface area (Å²) in [6.07, 6.45) is 1.82. The van der Waals surface area contributed by atoms with Gasteiger partial charge in [0.2, 0.25) is 5.91 Å². The van der Waals surface area contributed by atoms with Gasteiger partial charge in [0.15, 0.2) is 0 Å². The van der Waals surface area contributed by atoms with Crippen molar-refractivity contribution in [1.82, 2.24) is 10.2 Å². The van der Waals surface area contributed by atoms with E-state index in [1.54, 1.807) is 6.07 Å². The lowest BCUT2D eigenvalue weighted by molar-refractivity contribution is -0.120. The van der Waals surface area contributed by atoms with Crippen molar-refractivity contribution in [2.45, 2.75) is 31.5 Å². The van der Waals surface area contributed by atoms with E-state index in [1.165, 1.54) is 6.07 Å². The van der Waals surface area contributed by atoms with Gasteiger partial charge in [0.1, 0.15) is 11.9 Å². The van der Waals surface area contributed by atoms with Crippen LogP contribution >= 0.6 is 0 Å². The monoisotopic (exact) mass is 341 g/mol. The van der Waals surface area contributed by atoms with Crippen LogP contribution in [0.2, 0.25) is 0 Å². The number of carbonyl (C=O) groups is 1. The number of primary amides is 1. The van der Waals surface area contributed by atoms with E-state index in [-0.39, 0.29) is 17.8 Å². The Balaban J connectivity index is 1.55. The number of halogens is 1. The number of hydrogen-bond acceptors (Lipinski definition) is 3. The fourth-order valence-electron chi connectivity index (χ4n) is 3.35. The van der Waals surface area contributed by atoms with Gasteiger partial charge in [0.05, 0.1) is 0 Å². The first kappa shape index (κ1) is 17.6. The van der Waals surface area contributed by atoms with Gasteiger partial charge in [-0.1, -0.05) is 48.5 Å². The molecule has 0 aliphatic carbocycles. The summed E-state index contributed by atoms with van der Waals surface area (Å²) in [5.41, 5.74) is 7.20. The molecule has 0 radical (unpaired) electrons. The summed E-state index contributed by atoms with van der Waals surface area (Å²) in [7, 11) is 0. The van der Waals surface area contributed by atoms with Crippen molar-refractivity contribution in [2.75, 3.05) is 13.1 Å². The van der Waals surface area contributed by atoms with E-state index in [9.17, 15) is 9.18 Å². The van der Waals surface area contributed by atoms with Crippen LogP contribution in [0, 0.1) is 5.82 Å². The van der Waals surface area contributed by atoms with E-state index >= 15 is 0 Å². The molecule has 132 valence electrons. The highest BCUT2D eigenvalue weighted by Crippen LogP contribution is 2.19. The summed E-state index contributed by atoms with van der Waals surface area (Å²) in [5, 5.41) is 3.39. The molecule has 0 aromatic heterocycles. The van der Waals surface area contributed by atoms with Crippen molar-refractivity contribution >= 4 is 5.91 Å². The first-order valence-electron chi connectivity index (χ1n) is 8.69. The van der Waals surface area contributed by atoms with Crippen LogP contribution in [0.1, 0.15) is 30.0 Å². The van der Waals surface area contributed by atoms with Crippen molar-refractivity contribution in [1.29, 1.82) is 0 Å². The smallest absolute Gasteiger partial charge is 0.239 e. The highest BCUT2D eigenvalue weighted by Gasteiger charge is 2.25. The van der Waals surface area contributed by atoms with Crippen molar-refractivity contribution in [3.05, 3.63) is 71.5 Å². The molecule has 0 spiro atoms. The summed E-state index contributed by atoms with van der Waals surface area (Å²) in [5.74, 6) is -0.513. The summed E-state index contributed by atoms with van der Waals surface area (Å²) < 4.78 is 13.8. The quantitative estimate of drug-likeness (QED) is 0.849. The maximum atomic E-state index is 13.8. The Kier molecular flexibility index (Phi) is 5.79. The van der Waals surface area contributed by atoms with Crippen LogP contribution in [0.3, 0.4) is 0 Å². The fraction of sp³-hybridized carbons (Fsp3) is 0.350. The molecule has 0 unspecified atom stereocenters. The summed E-state index contributed by atoms with van der Waals surface area (Å²) in [6.45, 7) is 2.36. The maximum Gasteiger partial charge on any atom is 0.239 e. The number of nitrogens with two attached hydrogens (primary N) is 1. The van der Waals surface area contributed by atoms with Crippen LogP contribution < -0.4 is 11.1 Å². The molecule has 1 saturated heterocycles. The molecule has 0 saturated carbocycles. The van der Waals surface area contributed by atoms with E-state index in [2.05, 4.69) is 10.2 Å². The minimum absolute atomic E-state index is 0.152. The van der Waals surface area contributed by atoms with Gasteiger partial charge in [-0.2, -0.15) is 0 Å². The zero-order valence-corrected chi connectivity index (χ0v) is 14.2. The second kappa shape index (κ2) is 8.23. The molecule has 1 aliphatic rings. The highest BCUT2D eigenvalue weighted by molar-refractivity contribution is 5.81. The molecule has 0 bridgehead atoms. The number of benzene rings is 2. The van der Waals surface area contributed by atoms with Gasteiger partial charge in [0, 0.05) is 18.2 Å². The molecule has 5 heteroatoms. The first-order valence-corrected chi connectivity index (χ1v) is 8.69. The molecule has 3 rings (SSSR count). The number of nitrogens with zero attached hydrogens (tertiary/aromatic N) is 1. The van der Waals surface area contributed by atoms with E-state index in [0.29, 0.717) is 6.54 Å². The fourth-order valence-corrected chi connectivity index (χ4v) is 3.35. The highest BCUT2D eigenvalue weighted by atomic mass is 19.1. The molecule has 2 aromatic carbocycles. The van der Waals surface area contributed by atoms with Gasteiger partial charge < -0.3 is 5.73 Å². The van der Waals surface area contributed by atoms with Crippen LogP contribution in [0.4, 0.5) is 4.39 Å². The lowest BCUT2D eigenvalue weighted by Gasteiger charge is -2.34. The molecule has 1 heterocycles. The lowest BCUT2D eigenvalue weighted by Crippen LogP contribution is -2.46. The van der Waals surface area contributed by atoms with Crippen molar-refractivity contribution in [2.24, 2.45) is 5.73 Å². The lowest BCUT2D eigenvalue weighted by atomic mass is 10.00. The zero-order chi connectivity index (χ0) is 17.6. The van der Waals surface area contributed by atoms with Gasteiger partial charge >= 0.3 is 0 Å². The van der Waals surface area contributed by atoms with Crippen molar-refractivity contribution in [3.8, 4) is 0 Å². The number of hydrogen-bond donors (Lipinski definition) is 2. The molecule has 25 heavy (non-hydrogen) atoms. The Morgan fingerprint density at radius 1 is 1.12 bits per heavy atom. The maximum absolute atomic E-state index is 13.8. The minimum atomic E-state index is -0.468. The third-order valence-corrected chi connectivity index (χ3v) is 4.76. The molecule has 1 amide bonds. The third kappa shape index (κ3) is 4.65. The molecule has 4 nitrogen and oxygen atoms in total. The van der Waals surface area contributed by atoms with Crippen LogP contribution in [-0.2, 0) is 11.3 Å². The van der Waals surface area contributed by atoms with E-state index in [4.69, 9.17) is 5.73 Å². The number of nitrogens with one attached hydrogen (secondary N) is 1. The zero-order valence-electron chi connectivity index (χ0n) is 14.2. The predicted molar refractivity (Wildman–Crippen MR) is 96.2 cm³/mol. The molecule has 3 N–H and O–H groups in total. The Morgan fingerprint density at radius 3 is 2.40 bits per heavy atom. The van der Waals surface area contributed by atoms with E-state index < -0.39 is 6.04 Å². The van der Waals surface area contributed by atoms with Gasteiger partial charge in [0.25, 0.3) is 0 Å². The molecular weight excluding hydrogens is 317 g/mol. The molecular formula is C20H24FN3O. The van der Waals surface area contributed by atoms with Crippen LogP contribution in [-0.4, -0.2) is 29.9 Å². The first-order chi connectivity index (χ1) is 12.1. The SMILES string of the molecule is NC(=O)[C@H](NC1CCN(Cc2ccccc2F)CC1)c1ccccc1. The molecule has 1 atom stereocenters. The number of amides is 1. The average molecular weight is 341 g/mol. The Hall–Kier alpha value is -2.24. The van der Waals surface area contributed by atoms with Gasteiger partial charge in [-0.3, -0.25) is 15.0 Å². The van der Waals surface area contributed by atoms with Crippen LogP contribution in [0.25, 0.3) is 0 Å². The standard InChI is InChI=1S/C20H24FN3O/c21-18-9-5-4-8-16(18)14-24-12-10-17(11-13-24)23-19(20(22)25)15-6-2-1-3-7-15/h1-9,17,19,23H,10-14H2,(H2,22,25)/t19-/m1/s1. The molecule has 1 fully saturated rings. The van der Waals surface area contributed by atoms with Crippen molar-refractivity contribution < 1.29 is 9.18 Å². The van der Waals surface area contributed by atoms with E-state index in [0.717, 1.165) is 37.1 Å². The number of rotatable bonds is 6. The predicted octanol–water partition coefficient (Wildman–Crippen LogP) is 2.61. The second-order valence-electron chi connectivity index (χ2n) is 6.55. The summed E-state index contributed by atoms with van der Waals surface area (Å²) in [4.78, 5) is 14.1. The Morgan fingerprint density at radius 2 is 1.76 bits per heavy atom. The number of carbonyl (C=O) groups excluding carboxylic acids is 1. The molecule has 2 aromatic rings. The second-order valence-corrected chi connectivity index (χ2v) is 6.55. The summed E-state index contributed by atoms with van der Waals surface area (Å²) in [6, 6.07) is 16.2. The Labute approximate surface area is 147 Å². The van der Waals surface area contributed by atoms with Crippen molar-refractivity contribution in [3.63, 3.8) is 0 Å². The van der Waals surface area contributed by atoms with Gasteiger partial charge in [-0.05, 0) is 37.6 Å².